The highest BCUT2D eigenvalue weighted by atomic mass is 32.1. The second kappa shape index (κ2) is 10.1. The van der Waals surface area contributed by atoms with Crippen LogP contribution in [0.4, 0.5) is 5.69 Å². The summed E-state index contributed by atoms with van der Waals surface area (Å²) >= 11 is 1.30. The van der Waals surface area contributed by atoms with Crippen molar-refractivity contribution in [2.24, 2.45) is 0 Å². The van der Waals surface area contributed by atoms with Crippen LogP contribution < -0.4 is 20.3 Å². The van der Waals surface area contributed by atoms with Crippen LogP contribution in [0.1, 0.15) is 45.7 Å². The first-order valence-corrected chi connectivity index (χ1v) is 11.6. The van der Waals surface area contributed by atoms with Crippen LogP contribution >= 0.6 is 11.3 Å². The number of carbonyl (C=O) groups excluding carboxylic acids is 3. The minimum atomic E-state index is -0.186. The van der Waals surface area contributed by atoms with Crippen molar-refractivity contribution in [2.45, 2.75) is 37.8 Å². The van der Waals surface area contributed by atoms with Crippen molar-refractivity contribution in [2.75, 3.05) is 31.8 Å². The molecule has 2 aromatic rings. The van der Waals surface area contributed by atoms with Crippen molar-refractivity contribution < 1.29 is 23.9 Å². The molecule has 1 aromatic heterocycles. The van der Waals surface area contributed by atoms with Gasteiger partial charge in [-0.25, -0.2) is 0 Å². The molecule has 2 aliphatic rings. The monoisotopic (exact) mass is 457 g/mol. The van der Waals surface area contributed by atoms with Gasteiger partial charge in [0.15, 0.2) is 5.06 Å². The lowest BCUT2D eigenvalue weighted by Gasteiger charge is -2.32. The van der Waals surface area contributed by atoms with E-state index in [1.165, 1.54) is 11.3 Å². The van der Waals surface area contributed by atoms with Crippen LogP contribution in [0.3, 0.4) is 0 Å². The number of methoxy groups -OCH3 is 1. The molecule has 1 saturated heterocycles. The largest absolute Gasteiger partial charge is 0.487 e. The van der Waals surface area contributed by atoms with E-state index in [4.69, 9.17) is 9.47 Å². The van der Waals surface area contributed by atoms with Crippen molar-refractivity contribution in [3.05, 3.63) is 46.8 Å². The van der Waals surface area contributed by atoms with Crippen LogP contribution in [-0.2, 0) is 9.53 Å². The first-order chi connectivity index (χ1) is 15.5. The number of ether oxygens (including phenoxy) is 2. The molecule has 2 atom stereocenters. The third-order valence-electron chi connectivity index (χ3n) is 5.83. The molecule has 1 aromatic carbocycles. The van der Waals surface area contributed by atoms with Crippen LogP contribution in [-0.4, -0.2) is 56.7 Å². The average Bonchev–Trinajstić information content (AvgIpc) is 3.30. The number of anilines is 1. The average molecular weight is 458 g/mol. The highest BCUT2D eigenvalue weighted by Gasteiger charge is 2.29. The molecule has 0 radical (unpaired) electrons. The van der Waals surface area contributed by atoms with E-state index < -0.39 is 0 Å². The van der Waals surface area contributed by atoms with Crippen molar-refractivity contribution in [1.82, 2.24) is 10.6 Å². The molecule has 2 N–H and O–H groups in total. The molecule has 32 heavy (non-hydrogen) atoms. The minimum absolute atomic E-state index is 0.0787. The summed E-state index contributed by atoms with van der Waals surface area (Å²) in [6.45, 7) is 1.08. The van der Waals surface area contributed by atoms with Gasteiger partial charge in [0.2, 0.25) is 0 Å². The molecule has 2 unspecified atom stereocenters. The fourth-order valence-corrected chi connectivity index (χ4v) is 4.83. The number of nitrogens with zero attached hydrogens (tertiary/aromatic N) is 1. The van der Waals surface area contributed by atoms with Crippen molar-refractivity contribution in [3.8, 4) is 5.06 Å². The lowest BCUT2D eigenvalue weighted by Crippen LogP contribution is -2.53. The first-order valence-electron chi connectivity index (χ1n) is 10.8. The van der Waals surface area contributed by atoms with Gasteiger partial charge in [0, 0.05) is 29.9 Å². The van der Waals surface area contributed by atoms with Gasteiger partial charge in [0.05, 0.1) is 18.6 Å². The number of hydrogen-bond acceptors (Lipinski definition) is 6. The summed E-state index contributed by atoms with van der Waals surface area (Å²) in [6.07, 6.45) is 3.64. The summed E-state index contributed by atoms with van der Waals surface area (Å²) in [5.74, 6) is -0.421. The Morgan fingerprint density at radius 2 is 1.72 bits per heavy atom. The summed E-state index contributed by atoms with van der Waals surface area (Å²) in [4.78, 5) is 39.8. The zero-order chi connectivity index (χ0) is 22.5. The molecule has 9 heteroatoms. The molecular formula is C23H27N3O5S. The van der Waals surface area contributed by atoms with Crippen molar-refractivity contribution in [1.29, 1.82) is 0 Å². The van der Waals surface area contributed by atoms with Crippen molar-refractivity contribution >= 4 is 34.7 Å². The SMILES string of the molecule is COc1ccc(C(=O)NC2CCCCC2NC(=O)c2ccc(N3CCOCC3=O)cc2)s1. The fraction of sp³-hybridized carbons (Fsp3) is 0.435. The zero-order valence-electron chi connectivity index (χ0n) is 18.0. The number of rotatable bonds is 6. The van der Waals surface area contributed by atoms with Crippen LogP contribution in [0, 0.1) is 0 Å². The molecule has 0 bridgehead atoms. The molecule has 1 aliphatic carbocycles. The highest BCUT2D eigenvalue weighted by Crippen LogP contribution is 2.25. The third kappa shape index (κ3) is 5.11. The quantitative estimate of drug-likeness (QED) is 0.695. The maximum absolute atomic E-state index is 12.9. The zero-order valence-corrected chi connectivity index (χ0v) is 18.8. The number of benzene rings is 1. The van der Waals surface area contributed by atoms with E-state index in [2.05, 4.69) is 10.6 Å². The lowest BCUT2D eigenvalue weighted by atomic mass is 9.90. The topological polar surface area (TPSA) is 97.0 Å². The van der Waals surface area contributed by atoms with E-state index >= 15 is 0 Å². The van der Waals surface area contributed by atoms with Crippen LogP contribution in [0.2, 0.25) is 0 Å². The Morgan fingerprint density at radius 1 is 1.03 bits per heavy atom. The Bertz CT molecular complexity index is 974. The van der Waals surface area contributed by atoms with Gasteiger partial charge < -0.3 is 25.0 Å². The normalized spacial score (nSPS) is 21.2. The van der Waals surface area contributed by atoms with E-state index in [1.807, 2.05) is 0 Å². The Labute approximate surface area is 190 Å². The molecule has 170 valence electrons. The van der Waals surface area contributed by atoms with Gasteiger partial charge in [-0.05, 0) is 49.2 Å². The van der Waals surface area contributed by atoms with E-state index in [0.29, 0.717) is 28.7 Å². The molecule has 3 amide bonds. The second-order valence-corrected chi connectivity index (χ2v) is 8.96. The second-order valence-electron chi connectivity index (χ2n) is 7.91. The summed E-state index contributed by atoms with van der Waals surface area (Å²) in [6, 6.07) is 10.3. The van der Waals surface area contributed by atoms with Crippen LogP contribution in [0.15, 0.2) is 36.4 Å². The molecule has 2 heterocycles. The molecule has 1 saturated carbocycles. The maximum atomic E-state index is 12.9. The minimum Gasteiger partial charge on any atom is -0.487 e. The number of morpholine rings is 1. The van der Waals surface area contributed by atoms with Gasteiger partial charge in [0.25, 0.3) is 17.7 Å². The number of carbonyl (C=O) groups is 3. The number of nitrogens with one attached hydrogen (secondary N) is 2. The lowest BCUT2D eigenvalue weighted by molar-refractivity contribution is -0.125. The summed E-state index contributed by atoms with van der Waals surface area (Å²) in [5.41, 5.74) is 1.28. The van der Waals surface area contributed by atoms with Gasteiger partial charge in [-0.2, -0.15) is 0 Å². The fourth-order valence-electron chi connectivity index (χ4n) is 4.10. The third-order valence-corrected chi connectivity index (χ3v) is 6.88. The highest BCUT2D eigenvalue weighted by molar-refractivity contribution is 7.15. The molecule has 0 spiro atoms. The molecule has 1 aliphatic heterocycles. The summed E-state index contributed by atoms with van der Waals surface area (Å²) in [5, 5.41) is 6.86. The standard InChI is InChI=1S/C23H27N3O5S/c1-30-21-11-10-19(32-21)23(29)25-18-5-3-2-4-17(18)24-22(28)15-6-8-16(9-7-15)26-12-13-31-14-20(26)27/h6-11,17-18H,2-5,12-14H2,1H3,(H,24,28)(H,25,29). The molecule has 8 nitrogen and oxygen atoms in total. The molecule has 4 rings (SSSR count). The molecule has 2 fully saturated rings. The number of thiophene rings is 1. The van der Waals surface area contributed by atoms with E-state index in [0.717, 1.165) is 31.4 Å². The van der Waals surface area contributed by atoms with Gasteiger partial charge in [-0.1, -0.05) is 24.2 Å². The smallest absolute Gasteiger partial charge is 0.261 e. The van der Waals surface area contributed by atoms with Gasteiger partial charge in [-0.15, -0.1) is 0 Å². The van der Waals surface area contributed by atoms with Gasteiger partial charge in [0.1, 0.15) is 6.61 Å². The van der Waals surface area contributed by atoms with Crippen molar-refractivity contribution in [3.63, 3.8) is 0 Å². The van der Waals surface area contributed by atoms with Gasteiger partial charge >= 0.3 is 0 Å². The Kier molecular flexibility index (Phi) is 7.06. The van der Waals surface area contributed by atoms with Crippen LogP contribution in [0.5, 0.6) is 5.06 Å². The number of hydrogen-bond donors (Lipinski definition) is 2. The maximum Gasteiger partial charge on any atom is 0.261 e. The Balaban J connectivity index is 1.38. The van der Waals surface area contributed by atoms with Crippen LogP contribution in [0.25, 0.3) is 0 Å². The Morgan fingerprint density at radius 3 is 2.34 bits per heavy atom. The summed E-state index contributed by atoms with van der Waals surface area (Å²) < 4.78 is 10.3. The predicted octanol–water partition coefficient (Wildman–Crippen LogP) is 2.59. The van der Waals surface area contributed by atoms with E-state index in [1.54, 1.807) is 48.4 Å². The predicted molar refractivity (Wildman–Crippen MR) is 121 cm³/mol. The van der Waals surface area contributed by atoms with E-state index in [-0.39, 0.29) is 36.4 Å². The van der Waals surface area contributed by atoms with Gasteiger partial charge in [-0.3, -0.25) is 14.4 Å². The van der Waals surface area contributed by atoms with E-state index in [9.17, 15) is 14.4 Å². The molecular weight excluding hydrogens is 430 g/mol. The summed E-state index contributed by atoms with van der Waals surface area (Å²) in [7, 11) is 1.57. The first kappa shape index (κ1) is 22.3. The number of amides is 3. The Hall–Kier alpha value is -2.91.